The van der Waals surface area contributed by atoms with Gasteiger partial charge < -0.3 is 9.64 Å². The van der Waals surface area contributed by atoms with Gasteiger partial charge in [-0.1, -0.05) is 30.3 Å². The molecule has 1 aliphatic carbocycles. The Bertz CT molecular complexity index is 936. The number of sulfone groups is 1. The zero-order valence-electron chi connectivity index (χ0n) is 15.1. The Morgan fingerprint density at radius 3 is 2.56 bits per heavy atom. The summed E-state index contributed by atoms with van der Waals surface area (Å²) in [6.45, 7) is 1.76. The first-order chi connectivity index (χ1) is 13.0. The fourth-order valence-corrected chi connectivity index (χ4v) is 5.16. The van der Waals surface area contributed by atoms with Crippen LogP contribution in [0.4, 0.5) is 0 Å². The van der Waals surface area contributed by atoms with Gasteiger partial charge in [-0.05, 0) is 49.1 Å². The third kappa shape index (κ3) is 3.77. The minimum absolute atomic E-state index is 0.0523. The smallest absolute Gasteiger partial charge is 0.254 e. The highest BCUT2D eigenvalue weighted by Gasteiger charge is 2.43. The van der Waals surface area contributed by atoms with Crippen molar-refractivity contribution in [2.45, 2.75) is 35.5 Å². The molecule has 1 heterocycles. The van der Waals surface area contributed by atoms with Crippen LogP contribution >= 0.6 is 0 Å². The largest absolute Gasteiger partial charge is 0.371 e. The minimum Gasteiger partial charge on any atom is -0.371 e. The molecule has 5 nitrogen and oxygen atoms in total. The monoisotopic (exact) mass is 385 g/mol. The van der Waals surface area contributed by atoms with E-state index in [4.69, 9.17) is 4.74 Å². The first kappa shape index (κ1) is 18.2. The molecular weight excluding hydrogens is 362 g/mol. The maximum absolute atomic E-state index is 12.9. The normalized spacial score (nSPS) is 18.9. The van der Waals surface area contributed by atoms with Crippen LogP contribution in [0.25, 0.3) is 0 Å². The average Bonchev–Trinajstić information content (AvgIpc) is 2.67. The molecule has 2 aromatic rings. The Balaban J connectivity index is 1.51. The molecule has 0 aromatic heterocycles. The molecule has 0 atom stereocenters. The lowest BCUT2D eigenvalue weighted by atomic mass is 9.79. The van der Waals surface area contributed by atoms with E-state index in [0.29, 0.717) is 35.7 Å². The highest BCUT2D eigenvalue weighted by molar-refractivity contribution is 7.90. The summed E-state index contributed by atoms with van der Waals surface area (Å²) in [5, 5.41) is 0. The molecule has 0 N–H and O–H groups in total. The van der Waals surface area contributed by atoms with Gasteiger partial charge in [-0.15, -0.1) is 0 Å². The average molecular weight is 385 g/mol. The molecule has 1 saturated carbocycles. The molecule has 2 fully saturated rings. The summed E-state index contributed by atoms with van der Waals surface area (Å²) in [6, 6.07) is 15.4. The number of benzene rings is 2. The van der Waals surface area contributed by atoms with Crippen LogP contribution in [-0.4, -0.2) is 44.5 Å². The lowest BCUT2D eigenvalue weighted by molar-refractivity contribution is -0.142. The minimum atomic E-state index is -3.44. The van der Waals surface area contributed by atoms with Gasteiger partial charge in [0.25, 0.3) is 5.91 Å². The topological polar surface area (TPSA) is 63.7 Å². The number of nitrogens with zero attached hydrogens (tertiary/aromatic N) is 1. The van der Waals surface area contributed by atoms with Gasteiger partial charge in [0.05, 0.1) is 29.4 Å². The predicted molar refractivity (Wildman–Crippen MR) is 102 cm³/mol. The third-order valence-corrected chi connectivity index (χ3v) is 7.14. The van der Waals surface area contributed by atoms with E-state index in [1.165, 1.54) is 0 Å². The van der Waals surface area contributed by atoms with Crippen molar-refractivity contribution in [1.29, 1.82) is 0 Å². The molecule has 142 valence electrons. The molecule has 1 saturated heterocycles. The number of amides is 1. The van der Waals surface area contributed by atoms with Gasteiger partial charge in [0, 0.05) is 12.1 Å². The first-order valence-electron chi connectivity index (χ1n) is 9.28. The summed E-state index contributed by atoms with van der Waals surface area (Å²) in [5.74, 6) is -0.172. The van der Waals surface area contributed by atoms with Gasteiger partial charge in [0.15, 0.2) is 9.84 Å². The molecule has 2 aliphatic rings. The SMILES string of the molecule is O=C(c1cccc(CS(=O)(=O)c2ccccc2)c1)N1CCOC2(CCC2)C1. The fourth-order valence-electron chi connectivity index (χ4n) is 3.80. The molecular formula is C21H23NO4S. The highest BCUT2D eigenvalue weighted by atomic mass is 32.2. The highest BCUT2D eigenvalue weighted by Crippen LogP contribution is 2.38. The molecule has 0 radical (unpaired) electrons. The van der Waals surface area contributed by atoms with Crippen LogP contribution in [0.2, 0.25) is 0 Å². The first-order valence-corrected chi connectivity index (χ1v) is 10.9. The van der Waals surface area contributed by atoms with Crippen molar-refractivity contribution in [3.05, 3.63) is 65.7 Å². The Hall–Kier alpha value is -2.18. The summed E-state index contributed by atoms with van der Waals surface area (Å²) in [5.41, 5.74) is 1.01. The van der Waals surface area contributed by atoms with Gasteiger partial charge in [-0.25, -0.2) is 8.42 Å². The second kappa shape index (κ2) is 7.09. The lowest BCUT2D eigenvalue weighted by Crippen LogP contribution is -2.57. The zero-order valence-corrected chi connectivity index (χ0v) is 16.0. The molecule has 0 unspecified atom stereocenters. The van der Waals surface area contributed by atoms with Crippen LogP contribution in [0.3, 0.4) is 0 Å². The Kier molecular flexibility index (Phi) is 4.78. The number of hydrogen-bond donors (Lipinski definition) is 0. The number of carbonyl (C=O) groups is 1. The van der Waals surface area contributed by atoms with Gasteiger partial charge >= 0.3 is 0 Å². The van der Waals surface area contributed by atoms with Gasteiger partial charge in [0.2, 0.25) is 0 Å². The van der Waals surface area contributed by atoms with Crippen molar-refractivity contribution >= 4 is 15.7 Å². The Morgan fingerprint density at radius 2 is 1.85 bits per heavy atom. The van der Waals surface area contributed by atoms with Crippen molar-refractivity contribution in [2.75, 3.05) is 19.7 Å². The molecule has 1 amide bonds. The summed E-state index contributed by atoms with van der Waals surface area (Å²) >= 11 is 0. The van der Waals surface area contributed by atoms with E-state index in [9.17, 15) is 13.2 Å². The van der Waals surface area contributed by atoms with E-state index < -0.39 is 9.84 Å². The van der Waals surface area contributed by atoms with Crippen molar-refractivity contribution in [3.63, 3.8) is 0 Å². The van der Waals surface area contributed by atoms with Crippen LogP contribution in [0, 0.1) is 0 Å². The fraction of sp³-hybridized carbons (Fsp3) is 0.381. The van der Waals surface area contributed by atoms with Gasteiger partial charge in [0.1, 0.15) is 0 Å². The molecule has 0 bridgehead atoms. The van der Waals surface area contributed by atoms with E-state index in [2.05, 4.69) is 0 Å². The summed E-state index contributed by atoms with van der Waals surface area (Å²) in [6.07, 6.45) is 3.16. The zero-order chi connectivity index (χ0) is 18.9. The molecule has 27 heavy (non-hydrogen) atoms. The van der Waals surface area contributed by atoms with Crippen molar-refractivity contribution in [2.24, 2.45) is 0 Å². The van der Waals surface area contributed by atoms with Gasteiger partial charge in [-0.3, -0.25) is 4.79 Å². The maximum atomic E-state index is 12.9. The van der Waals surface area contributed by atoms with Crippen molar-refractivity contribution in [3.8, 4) is 0 Å². The van der Waals surface area contributed by atoms with E-state index in [0.717, 1.165) is 19.3 Å². The van der Waals surface area contributed by atoms with Crippen LogP contribution < -0.4 is 0 Å². The maximum Gasteiger partial charge on any atom is 0.254 e. The number of morpholine rings is 1. The third-order valence-electron chi connectivity index (χ3n) is 5.43. The second-order valence-electron chi connectivity index (χ2n) is 7.38. The predicted octanol–water partition coefficient (Wildman–Crippen LogP) is 3.06. The molecule has 4 rings (SSSR count). The standard InChI is InChI=1S/C21H23NO4S/c23-20(22-12-13-26-21(16-22)10-5-11-21)18-7-4-6-17(14-18)15-27(24,25)19-8-2-1-3-9-19/h1-4,6-9,14H,5,10-13,15-16H2. The lowest BCUT2D eigenvalue weighted by Gasteiger charge is -2.48. The van der Waals surface area contributed by atoms with E-state index >= 15 is 0 Å². The van der Waals surface area contributed by atoms with Crippen molar-refractivity contribution in [1.82, 2.24) is 4.90 Å². The summed E-state index contributed by atoms with van der Waals surface area (Å²) < 4.78 is 31.1. The van der Waals surface area contributed by atoms with Crippen LogP contribution in [0.15, 0.2) is 59.5 Å². The van der Waals surface area contributed by atoms with E-state index in [-0.39, 0.29) is 17.3 Å². The van der Waals surface area contributed by atoms with E-state index in [1.807, 2.05) is 4.90 Å². The molecule has 6 heteroatoms. The Labute approximate surface area is 159 Å². The molecule has 2 aromatic carbocycles. The van der Waals surface area contributed by atoms with Crippen molar-refractivity contribution < 1.29 is 17.9 Å². The summed E-state index contributed by atoms with van der Waals surface area (Å²) in [7, 11) is -3.44. The number of hydrogen-bond acceptors (Lipinski definition) is 4. The Morgan fingerprint density at radius 1 is 1.07 bits per heavy atom. The van der Waals surface area contributed by atoms with E-state index in [1.54, 1.807) is 54.6 Å². The number of rotatable bonds is 4. The molecule has 1 spiro atoms. The van der Waals surface area contributed by atoms with Crippen LogP contribution in [-0.2, 0) is 20.3 Å². The molecule has 1 aliphatic heterocycles. The quantitative estimate of drug-likeness (QED) is 0.811. The summed E-state index contributed by atoms with van der Waals surface area (Å²) in [4.78, 5) is 15.1. The number of carbonyl (C=O) groups excluding carboxylic acids is 1. The second-order valence-corrected chi connectivity index (χ2v) is 9.37. The van der Waals surface area contributed by atoms with Crippen LogP contribution in [0.1, 0.15) is 35.2 Å². The van der Waals surface area contributed by atoms with Crippen LogP contribution in [0.5, 0.6) is 0 Å². The van der Waals surface area contributed by atoms with Gasteiger partial charge in [-0.2, -0.15) is 0 Å². The number of ether oxygens (including phenoxy) is 1.